The fourth-order valence-electron chi connectivity index (χ4n) is 4.56. The van der Waals surface area contributed by atoms with Crippen molar-refractivity contribution in [3.63, 3.8) is 0 Å². The molecule has 2 aromatic rings. The van der Waals surface area contributed by atoms with Gasteiger partial charge in [0.1, 0.15) is 6.54 Å². The van der Waals surface area contributed by atoms with Crippen molar-refractivity contribution in [3.05, 3.63) is 59.7 Å². The van der Waals surface area contributed by atoms with Crippen molar-refractivity contribution in [2.75, 3.05) is 19.8 Å². The zero-order valence-corrected chi connectivity index (χ0v) is 20.2. The van der Waals surface area contributed by atoms with Crippen molar-refractivity contribution >= 4 is 23.6 Å². The second-order valence-corrected chi connectivity index (χ2v) is 10.4. The highest BCUT2D eigenvalue weighted by atomic mass is 16.5. The Kier molecular flexibility index (Phi) is 6.51. The smallest absolute Gasteiger partial charge is 0.322 e. The molecule has 8 nitrogen and oxygen atoms in total. The first kappa shape index (κ1) is 24.6. The highest BCUT2D eigenvalue weighted by Crippen LogP contribution is 2.37. The van der Waals surface area contributed by atoms with E-state index >= 15 is 0 Å². The molecule has 2 aliphatic heterocycles. The van der Waals surface area contributed by atoms with Crippen molar-refractivity contribution in [1.29, 1.82) is 0 Å². The van der Waals surface area contributed by atoms with Crippen LogP contribution < -0.4 is 5.32 Å². The Hall–Kier alpha value is -3.52. The van der Waals surface area contributed by atoms with Crippen LogP contribution in [0.2, 0.25) is 0 Å². The number of carboxylic acid groups (broad SMARTS) is 1. The summed E-state index contributed by atoms with van der Waals surface area (Å²) >= 11 is 0. The van der Waals surface area contributed by atoms with E-state index in [-0.39, 0.29) is 31.6 Å². The molecule has 2 amide bonds. The molecule has 2 aliphatic rings. The van der Waals surface area contributed by atoms with Crippen molar-refractivity contribution in [3.8, 4) is 11.1 Å². The molecule has 2 fully saturated rings. The lowest BCUT2D eigenvalue weighted by Crippen LogP contribution is -2.70. The molecule has 1 atom stereocenters. The lowest BCUT2D eigenvalue weighted by molar-refractivity contribution is -0.188. The minimum atomic E-state index is -1.54. The monoisotopic (exact) mass is 478 g/mol. The molecule has 2 saturated heterocycles. The van der Waals surface area contributed by atoms with Gasteiger partial charge in [0.25, 0.3) is 0 Å². The van der Waals surface area contributed by atoms with Gasteiger partial charge in [-0.15, -0.1) is 0 Å². The number of hydrogen-bond acceptors (Lipinski definition) is 5. The molecular formula is C27H30N2O6. The molecule has 184 valence electrons. The second-order valence-electron chi connectivity index (χ2n) is 10.4. The number of aliphatic carboxylic acids is 1. The van der Waals surface area contributed by atoms with Gasteiger partial charge in [0, 0.05) is 13.0 Å². The van der Waals surface area contributed by atoms with Gasteiger partial charge in [0.2, 0.25) is 11.8 Å². The Balaban J connectivity index is 1.52. The summed E-state index contributed by atoms with van der Waals surface area (Å²) in [6.45, 7) is 6.55. The van der Waals surface area contributed by atoms with Crippen LogP contribution in [-0.2, 0) is 35.9 Å². The average molecular weight is 479 g/mol. The number of piperidine rings is 1. The summed E-state index contributed by atoms with van der Waals surface area (Å²) in [5.41, 5.74) is 3.56. The largest absolute Gasteiger partial charge is 0.480 e. The number of ether oxygens (including phenoxy) is 1. The van der Waals surface area contributed by atoms with Gasteiger partial charge in [-0.3, -0.25) is 19.2 Å². The van der Waals surface area contributed by atoms with Crippen LogP contribution in [-0.4, -0.2) is 58.9 Å². The van der Waals surface area contributed by atoms with Gasteiger partial charge < -0.3 is 20.1 Å². The summed E-state index contributed by atoms with van der Waals surface area (Å²) in [6.07, 6.45) is 0.00209. The van der Waals surface area contributed by atoms with Gasteiger partial charge in [-0.1, -0.05) is 69.3 Å². The highest BCUT2D eigenvalue weighted by molar-refractivity contribution is 6.20. The van der Waals surface area contributed by atoms with Crippen LogP contribution in [0.1, 0.15) is 38.3 Å². The number of nitrogens with zero attached hydrogens (tertiary/aromatic N) is 1. The van der Waals surface area contributed by atoms with Crippen LogP contribution in [0.25, 0.3) is 11.1 Å². The molecule has 8 heteroatoms. The van der Waals surface area contributed by atoms with Crippen LogP contribution in [0.5, 0.6) is 0 Å². The topological polar surface area (TPSA) is 113 Å². The number of ketones is 1. The SMILES string of the molecule is CC(C)(C)c1ccc(-c2ccc(CN3C(=O)C(C(=O)NCC(=O)O)C(=O)CC34COC4)cc2)cc1. The predicted octanol–water partition coefficient (Wildman–Crippen LogP) is 2.54. The number of carbonyl (C=O) groups is 4. The molecule has 0 aliphatic carbocycles. The van der Waals surface area contributed by atoms with Crippen LogP contribution in [0.4, 0.5) is 0 Å². The quantitative estimate of drug-likeness (QED) is 0.617. The van der Waals surface area contributed by atoms with E-state index in [2.05, 4.69) is 50.4 Å². The van der Waals surface area contributed by atoms with Gasteiger partial charge in [-0.25, -0.2) is 0 Å². The molecule has 0 bridgehead atoms. The number of Topliss-reactive ketones (excluding diaryl/α,β-unsaturated/α-hetero) is 1. The maximum atomic E-state index is 13.3. The van der Waals surface area contributed by atoms with E-state index in [0.29, 0.717) is 0 Å². The van der Waals surface area contributed by atoms with Crippen LogP contribution >= 0.6 is 0 Å². The molecule has 2 N–H and O–H groups in total. The maximum Gasteiger partial charge on any atom is 0.322 e. The Labute approximate surface area is 204 Å². The molecule has 2 aromatic carbocycles. The van der Waals surface area contributed by atoms with E-state index in [1.807, 2.05) is 24.3 Å². The van der Waals surface area contributed by atoms with Gasteiger partial charge in [0.15, 0.2) is 11.7 Å². The van der Waals surface area contributed by atoms with E-state index < -0.39 is 41.6 Å². The summed E-state index contributed by atoms with van der Waals surface area (Å²) in [6, 6.07) is 16.3. The van der Waals surface area contributed by atoms with Gasteiger partial charge in [0.05, 0.1) is 18.8 Å². The molecule has 0 saturated carbocycles. The number of rotatable bonds is 6. The average Bonchev–Trinajstić information content (AvgIpc) is 2.78. The van der Waals surface area contributed by atoms with E-state index in [1.54, 1.807) is 4.90 Å². The molecule has 4 rings (SSSR count). The van der Waals surface area contributed by atoms with Crippen LogP contribution in [0.15, 0.2) is 48.5 Å². The van der Waals surface area contributed by atoms with Crippen molar-refractivity contribution in [1.82, 2.24) is 10.2 Å². The fraction of sp³-hybridized carbons (Fsp3) is 0.407. The van der Waals surface area contributed by atoms with Gasteiger partial charge in [-0.2, -0.15) is 0 Å². The van der Waals surface area contributed by atoms with Gasteiger partial charge in [-0.05, 0) is 27.7 Å². The van der Waals surface area contributed by atoms with Crippen molar-refractivity contribution in [2.24, 2.45) is 5.92 Å². The fourth-order valence-corrected chi connectivity index (χ4v) is 4.56. The maximum absolute atomic E-state index is 13.3. The Morgan fingerprint density at radius 3 is 2.09 bits per heavy atom. The highest BCUT2D eigenvalue weighted by Gasteiger charge is 2.56. The van der Waals surface area contributed by atoms with E-state index in [0.717, 1.165) is 16.7 Å². The summed E-state index contributed by atoms with van der Waals surface area (Å²) < 4.78 is 5.34. The first-order valence-electron chi connectivity index (χ1n) is 11.6. The summed E-state index contributed by atoms with van der Waals surface area (Å²) in [5.74, 6) is -4.79. The third-order valence-corrected chi connectivity index (χ3v) is 6.71. The summed E-state index contributed by atoms with van der Waals surface area (Å²) in [5, 5.41) is 11.0. The number of likely N-dealkylation sites (tertiary alicyclic amines) is 1. The third kappa shape index (κ3) is 4.98. The zero-order valence-electron chi connectivity index (χ0n) is 20.2. The number of hydrogen-bond donors (Lipinski definition) is 2. The molecule has 0 radical (unpaired) electrons. The predicted molar refractivity (Wildman–Crippen MR) is 128 cm³/mol. The Morgan fingerprint density at radius 1 is 1.03 bits per heavy atom. The van der Waals surface area contributed by atoms with E-state index in [4.69, 9.17) is 9.84 Å². The normalized spacial score (nSPS) is 19.4. The standard InChI is InChI=1S/C27H30N2O6/c1-26(2,3)20-10-8-19(9-11-20)18-6-4-17(5-7-18)14-29-25(34)23(24(33)28-13-22(31)32)21(30)12-27(29)15-35-16-27/h4-11,23H,12-16H2,1-3H3,(H,28,33)(H,31,32). The van der Waals surface area contributed by atoms with Crippen LogP contribution in [0.3, 0.4) is 0 Å². The third-order valence-electron chi connectivity index (χ3n) is 6.71. The number of benzene rings is 2. The first-order valence-corrected chi connectivity index (χ1v) is 11.6. The van der Waals surface area contributed by atoms with Gasteiger partial charge >= 0.3 is 5.97 Å². The molecule has 2 heterocycles. The zero-order chi connectivity index (χ0) is 25.4. The number of carboxylic acids is 1. The number of amides is 2. The minimum absolute atomic E-state index is 0.00209. The molecule has 1 spiro atoms. The second kappa shape index (κ2) is 9.26. The minimum Gasteiger partial charge on any atom is -0.480 e. The van der Waals surface area contributed by atoms with Crippen LogP contribution in [0, 0.1) is 5.92 Å². The van der Waals surface area contributed by atoms with E-state index in [1.165, 1.54) is 5.56 Å². The molecule has 0 aromatic heterocycles. The lowest BCUT2D eigenvalue weighted by Gasteiger charge is -2.52. The van der Waals surface area contributed by atoms with E-state index in [9.17, 15) is 19.2 Å². The summed E-state index contributed by atoms with van der Waals surface area (Å²) in [7, 11) is 0. The van der Waals surface area contributed by atoms with Crippen molar-refractivity contribution in [2.45, 2.75) is 44.7 Å². The van der Waals surface area contributed by atoms with Crippen molar-refractivity contribution < 1.29 is 29.0 Å². The lowest BCUT2D eigenvalue weighted by atomic mass is 9.78. The molecular weight excluding hydrogens is 448 g/mol. The number of carbonyl (C=O) groups excluding carboxylic acids is 3. The molecule has 1 unspecified atom stereocenters. The summed E-state index contributed by atoms with van der Waals surface area (Å²) in [4.78, 5) is 50.7. The first-order chi connectivity index (χ1) is 16.5. The Bertz CT molecular complexity index is 1140. The molecule has 35 heavy (non-hydrogen) atoms. The Morgan fingerprint density at radius 2 is 1.60 bits per heavy atom. The number of nitrogens with one attached hydrogen (secondary N) is 1.